The van der Waals surface area contributed by atoms with Crippen LogP contribution in [0.3, 0.4) is 0 Å². The molecule has 1 amide bonds. The van der Waals surface area contributed by atoms with E-state index in [-0.39, 0.29) is 12.0 Å². The standard InChI is InChI=1S/C23H25N3O2/c1-15(2)28-21-8-6-5-7-20(21)26-22-12-11-19(14-24-22)25-23(27)18-10-9-16(3)17(4)13-18/h5-15H,1-4H3,(H,24,26)(H,25,27). The Kier molecular flexibility index (Phi) is 5.94. The summed E-state index contributed by atoms with van der Waals surface area (Å²) in [4.78, 5) is 16.8. The quantitative estimate of drug-likeness (QED) is 0.599. The first-order valence-electron chi connectivity index (χ1n) is 9.30. The van der Waals surface area contributed by atoms with Crippen LogP contribution >= 0.6 is 0 Å². The number of pyridine rings is 1. The van der Waals surface area contributed by atoms with Crippen molar-refractivity contribution >= 4 is 23.1 Å². The van der Waals surface area contributed by atoms with E-state index in [9.17, 15) is 4.79 Å². The molecule has 3 rings (SSSR count). The van der Waals surface area contributed by atoms with E-state index in [1.165, 1.54) is 0 Å². The van der Waals surface area contributed by atoms with Crippen LogP contribution in [0.15, 0.2) is 60.8 Å². The average Bonchev–Trinajstić information content (AvgIpc) is 2.66. The topological polar surface area (TPSA) is 63.2 Å². The maximum Gasteiger partial charge on any atom is 0.255 e. The number of anilines is 3. The molecule has 0 unspecified atom stereocenters. The highest BCUT2D eigenvalue weighted by Crippen LogP contribution is 2.27. The Labute approximate surface area is 165 Å². The molecule has 0 radical (unpaired) electrons. The fourth-order valence-electron chi connectivity index (χ4n) is 2.69. The van der Waals surface area contributed by atoms with Gasteiger partial charge in [-0.3, -0.25) is 4.79 Å². The molecule has 2 N–H and O–H groups in total. The fourth-order valence-corrected chi connectivity index (χ4v) is 2.69. The minimum Gasteiger partial charge on any atom is -0.489 e. The van der Waals surface area contributed by atoms with E-state index in [0.717, 1.165) is 22.6 Å². The smallest absolute Gasteiger partial charge is 0.255 e. The highest BCUT2D eigenvalue weighted by Gasteiger charge is 2.09. The first-order chi connectivity index (χ1) is 13.4. The molecule has 3 aromatic rings. The Morgan fingerprint density at radius 2 is 1.79 bits per heavy atom. The van der Waals surface area contributed by atoms with Gasteiger partial charge in [0.25, 0.3) is 5.91 Å². The van der Waals surface area contributed by atoms with Gasteiger partial charge in [0.1, 0.15) is 11.6 Å². The minimum absolute atomic E-state index is 0.0823. The van der Waals surface area contributed by atoms with Gasteiger partial charge in [0.2, 0.25) is 0 Å². The number of amides is 1. The summed E-state index contributed by atoms with van der Waals surface area (Å²) in [5.74, 6) is 1.29. The molecule has 2 aromatic carbocycles. The van der Waals surface area contributed by atoms with Crippen molar-refractivity contribution in [1.82, 2.24) is 4.98 Å². The number of nitrogens with zero attached hydrogens (tertiary/aromatic N) is 1. The summed E-state index contributed by atoms with van der Waals surface area (Å²) in [6, 6.07) is 17.0. The Morgan fingerprint density at radius 3 is 2.46 bits per heavy atom. The number of para-hydroxylation sites is 2. The average molecular weight is 375 g/mol. The third kappa shape index (κ3) is 4.88. The number of hydrogen-bond acceptors (Lipinski definition) is 4. The summed E-state index contributed by atoms with van der Waals surface area (Å²) in [7, 11) is 0. The van der Waals surface area contributed by atoms with Crippen molar-refractivity contribution in [2.24, 2.45) is 0 Å². The third-order valence-corrected chi connectivity index (χ3v) is 4.30. The maximum atomic E-state index is 12.4. The number of aryl methyl sites for hydroxylation is 2. The van der Waals surface area contributed by atoms with Crippen molar-refractivity contribution in [2.45, 2.75) is 33.8 Å². The zero-order chi connectivity index (χ0) is 20.1. The van der Waals surface area contributed by atoms with Crippen molar-refractivity contribution in [3.8, 4) is 5.75 Å². The Bertz CT molecular complexity index is 966. The number of aromatic nitrogens is 1. The lowest BCUT2D eigenvalue weighted by atomic mass is 10.1. The van der Waals surface area contributed by atoms with E-state index in [1.807, 2.05) is 82.3 Å². The van der Waals surface area contributed by atoms with E-state index >= 15 is 0 Å². The van der Waals surface area contributed by atoms with Crippen LogP contribution in [-0.4, -0.2) is 17.0 Å². The molecule has 0 atom stereocenters. The van der Waals surface area contributed by atoms with Gasteiger partial charge in [0.15, 0.2) is 0 Å². The van der Waals surface area contributed by atoms with E-state index in [4.69, 9.17) is 4.74 Å². The molecule has 0 saturated carbocycles. The van der Waals surface area contributed by atoms with Gasteiger partial charge < -0.3 is 15.4 Å². The van der Waals surface area contributed by atoms with Gasteiger partial charge in [-0.1, -0.05) is 18.2 Å². The summed E-state index contributed by atoms with van der Waals surface area (Å²) >= 11 is 0. The monoisotopic (exact) mass is 375 g/mol. The van der Waals surface area contributed by atoms with Crippen LogP contribution in [0.5, 0.6) is 5.75 Å². The zero-order valence-electron chi connectivity index (χ0n) is 16.6. The highest BCUT2D eigenvalue weighted by molar-refractivity contribution is 6.04. The molecule has 28 heavy (non-hydrogen) atoms. The van der Waals surface area contributed by atoms with Crippen LogP contribution in [0.2, 0.25) is 0 Å². The van der Waals surface area contributed by atoms with E-state index < -0.39 is 0 Å². The zero-order valence-corrected chi connectivity index (χ0v) is 16.6. The maximum absolute atomic E-state index is 12.4. The molecule has 1 aromatic heterocycles. The number of carbonyl (C=O) groups is 1. The summed E-state index contributed by atoms with van der Waals surface area (Å²) in [5, 5.41) is 6.13. The largest absolute Gasteiger partial charge is 0.489 e. The van der Waals surface area contributed by atoms with Crippen LogP contribution in [0, 0.1) is 13.8 Å². The normalized spacial score (nSPS) is 10.6. The molecule has 144 valence electrons. The lowest BCUT2D eigenvalue weighted by molar-refractivity contribution is 0.102. The first-order valence-corrected chi connectivity index (χ1v) is 9.30. The molecule has 0 fully saturated rings. The number of benzene rings is 2. The van der Waals surface area contributed by atoms with Crippen molar-refractivity contribution in [2.75, 3.05) is 10.6 Å². The van der Waals surface area contributed by atoms with Crippen molar-refractivity contribution < 1.29 is 9.53 Å². The summed E-state index contributed by atoms with van der Waals surface area (Å²) in [6.07, 6.45) is 1.71. The van der Waals surface area contributed by atoms with Gasteiger partial charge >= 0.3 is 0 Å². The SMILES string of the molecule is Cc1ccc(C(=O)Nc2ccc(Nc3ccccc3OC(C)C)nc2)cc1C. The number of ether oxygens (including phenoxy) is 1. The van der Waals surface area contributed by atoms with Gasteiger partial charge in [-0.15, -0.1) is 0 Å². The summed E-state index contributed by atoms with van der Waals surface area (Å²) < 4.78 is 5.81. The lowest BCUT2D eigenvalue weighted by Gasteiger charge is -2.15. The van der Waals surface area contributed by atoms with E-state index in [2.05, 4.69) is 15.6 Å². The van der Waals surface area contributed by atoms with Crippen LogP contribution in [0.1, 0.15) is 35.3 Å². The molecule has 0 saturated heterocycles. The van der Waals surface area contributed by atoms with Crippen molar-refractivity contribution in [3.63, 3.8) is 0 Å². The third-order valence-electron chi connectivity index (χ3n) is 4.30. The molecule has 1 heterocycles. The predicted molar refractivity (Wildman–Crippen MR) is 114 cm³/mol. The first kappa shape index (κ1) is 19.4. The molecule has 0 aliphatic rings. The van der Waals surface area contributed by atoms with E-state index in [0.29, 0.717) is 17.1 Å². The molecular formula is C23H25N3O2. The van der Waals surface area contributed by atoms with Gasteiger partial charge in [0.05, 0.1) is 23.7 Å². The predicted octanol–water partition coefficient (Wildman–Crippen LogP) is 5.48. The Morgan fingerprint density at radius 1 is 1.00 bits per heavy atom. The molecule has 0 aliphatic heterocycles. The van der Waals surface area contributed by atoms with Crippen LogP contribution in [0.4, 0.5) is 17.2 Å². The summed E-state index contributed by atoms with van der Waals surface area (Å²) in [6.45, 7) is 8.00. The second kappa shape index (κ2) is 8.57. The molecule has 0 spiro atoms. The Balaban J connectivity index is 1.68. The van der Waals surface area contributed by atoms with Crippen molar-refractivity contribution in [3.05, 3.63) is 77.5 Å². The molecule has 5 heteroatoms. The molecule has 0 bridgehead atoms. The number of rotatable bonds is 6. The van der Waals surface area contributed by atoms with Gasteiger partial charge in [-0.25, -0.2) is 4.98 Å². The van der Waals surface area contributed by atoms with Gasteiger partial charge in [0, 0.05) is 5.56 Å². The van der Waals surface area contributed by atoms with Crippen LogP contribution < -0.4 is 15.4 Å². The number of carbonyl (C=O) groups excluding carboxylic acids is 1. The minimum atomic E-state index is -0.152. The van der Waals surface area contributed by atoms with E-state index in [1.54, 1.807) is 6.20 Å². The second-order valence-corrected chi connectivity index (χ2v) is 6.97. The summed E-state index contributed by atoms with van der Waals surface area (Å²) in [5.41, 5.74) is 4.36. The van der Waals surface area contributed by atoms with Crippen LogP contribution in [-0.2, 0) is 0 Å². The molecular weight excluding hydrogens is 350 g/mol. The Hall–Kier alpha value is -3.34. The fraction of sp³-hybridized carbons (Fsp3) is 0.217. The lowest BCUT2D eigenvalue weighted by Crippen LogP contribution is -2.12. The highest BCUT2D eigenvalue weighted by atomic mass is 16.5. The molecule has 5 nitrogen and oxygen atoms in total. The van der Waals surface area contributed by atoms with Gasteiger partial charge in [-0.05, 0) is 75.2 Å². The number of nitrogens with one attached hydrogen (secondary N) is 2. The second-order valence-electron chi connectivity index (χ2n) is 6.97. The number of hydrogen-bond donors (Lipinski definition) is 2. The van der Waals surface area contributed by atoms with Crippen molar-refractivity contribution in [1.29, 1.82) is 0 Å². The molecule has 0 aliphatic carbocycles. The van der Waals surface area contributed by atoms with Crippen LogP contribution in [0.25, 0.3) is 0 Å². The van der Waals surface area contributed by atoms with Gasteiger partial charge in [-0.2, -0.15) is 0 Å².